The van der Waals surface area contributed by atoms with Crippen LogP contribution in [0.3, 0.4) is 0 Å². The van der Waals surface area contributed by atoms with Crippen LogP contribution in [-0.4, -0.2) is 4.98 Å². The summed E-state index contributed by atoms with van der Waals surface area (Å²) in [4.78, 5) is 3.80. The molecule has 102 valence electrons. The van der Waals surface area contributed by atoms with Crippen molar-refractivity contribution in [3.05, 3.63) is 53.5 Å². The fraction of sp³-hybridized carbons (Fsp3) is 0.0769. The van der Waals surface area contributed by atoms with Gasteiger partial charge in [-0.2, -0.15) is 18.4 Å². The van der Waals surface area contributed by atoms with Crippen molar-refractivity contribution in [3.8, 4) is 6.07 Å². The normalized spacial score (nSPS) is 10.9. The van der Waals surface area contributed by atoms with E-state index in [9.17, 15) is 17.6 Å². The van der Waals surface area contributed by atoms with Crippen molar-refractivity contribution in [3.63, 3.8) is 0 Å². The Hall–Kier alpha value is -2.62. The first-order chi connectivity index (χ1) is 9.40. The maximum atomic E-state index is 13.5. The van der Waals surface area contributed by atoms with Crippen molar-refractivity contribution in [1.82, 2.24) is 4.98 Å². The summed E-state index contributed by atoms with van der Waals surface area (Å²) in [6.45, 7) is 0. The molecule has 2 rings (SSSR count). The van der Waals surface area contributed by atoms with Crippen molar-refractivity contribution in [2.24, 2.45) is 0 Å². The third-order valence-corrected chi connectivity index (χ3v) is 2.42. The number of halogens is 4. The summed E-state index contributed by atoms with van der Waals surface area (Å²) in [5.41, 5.74) is -1.26. The number of benzene rings is 1. The minimum absolute atomic E-state index is 0.0717. The smallest absolute Gasteiger partial charge is 0.338 e. The molecule has 1 heterocycles. The van der Waals surface area contributed by atoms with Crippen LogP contribution in [0.2, 0.25) is 0 Å². The molecule has 0 fully saturated rings. The zero-order chi connectivity index (χ0) is 14.8. The molecule has 1 aromatic carbocycles. The van der Waals surface area contributed by atoms with Crippen molar-refractivity contribution in [2.45, 2.75) is 6.18 Å². The first-order valence-electron chi connectivity index (χ1n) is 5.41. The zero-order valence-corrected chi connectivity index (χ0v) is 9.87. The molecular weight excluding hydrogens is 274 g/mol. The van der Waals surface area contributed by atoms with Crippen LogP contribution in [0.5, 0.6) is 0 Å². The summed E-state index contributed by atoms with van der Waals surface area (Å²) in [5.74, 6) is -0.760. The fourth-order valence-electron chi connectivity index (χ4n) is 1.50. The standard InChI is InChI=1S/C13H7F4N3/c14-10-5-4-8(13(15,16)17)6-11(10)20-12-3-1-2-9(7-18)19-12/h1-6H,(H,19,20). The Morgan fingerprint density at radius 3 is 2.55 bits per heavy atom. The quantitative estimate of drug-likeness (QED) is 0.850. The van der Waals surface area contributed by atoms with Crippen LogP contribution < -0.4 is 5.32 Å². The van der Waals surface area contributed by atoms with Crippen molar-refractivity contribution in [2.75, 3.05) is 5.32 Å². The van der Waals surface area contributed by atoms with Crippen LogP contribution in [0, 0.1) is 17.1 Å². The number of pyridine rings is 1. The van der Waals surface area contributed by atoms with Gasteiger partial charge in [0.05, 0.1) is 11.3 Å². The van der Waals surface area contributed by atoms with Crippen LogP contribution in [0.15, 0.2) is 36.4 Å². The second-order valence-electron chi connectivity index (χ2n) is 3.84. The van der Waals surface area contributed by atoms with Gasteiger partial charge in [-0.15, -0.1) is 0 Å². The van der Waals surface area contributed by atoms with E-state index in [2.05, 4.69) is 10.3 Å². The van der Waals surface area contributed by atoms with E-state index in [0.717, 1.165) is 6.07 Å². The molecule has 20 heavy (non-hydrogen) atoms. The summed E-state index contributed by atoms with van der Waals surface area (Å²) in [6.07, 6.45) is -4.56. The average molecular weight is 281 g/mol. The molecule has 0 aliphatic rings. The Bertz CT molecular complexity index is 674. The van der Waals surface area contributed by atoms with E-state index in [-0.39, 0.29) is 17.2 Å². The van der Waals surface area contributed by atoms with E-state index in [1.807, 2.05) is 0 Å². The zero-order valence-electron chi connectivity index (χ0n) is 9.87. The van der Waals surface area contributed by atoms with Crippen LogP contribution in [0.25, 0.3) is 0 Å². The first-order valence-corrected chi connectivity index (χ1v) is 5.41. The number of rotatable bonds is 2. The molecule has 7 heteroatoms. The lowest BCUT2D eigenvalue weighted by Crippen LogP contribution is -2.06. The van der Waals surface area contributed by atoms with Gasteiger partial charge in [0, 0.05) is 0 Å². The molecule has 0 saturated carbocycles. The second-order valence-corrected chi connectivity index (χ2v) is 3.84. The van der Waals surface area contributed by atoms with E-state index < -0.39 is 17.6 Å². The summed E-state index contributed by atoms with van der Waals surface area (Å²) >= 11 is 0. The average Bonchev–Trinajstić information content (AvgIpc) is 2.40. The van der Waals surface area contributed by atoms with Crippen molar-refractivity contribution in [1.29, 1.82) is 5.26 Å². The molecule has 0 saturated heterocycles. The number of alkyl halides is 3. The van der Waals surface area contributed by atoms with Gasteiger partial charge in [-0.05, 0) is 30.3 Å². The van der Waals surface area contributed by atoms with E-state index in [0.29, 0.717) is 12.1 Å². The second kappa shape index (κ2) is 5.17. The summed E-state index contributed by atoms with van der Waals surface area (Å²) in [7, 11) is 0. The molecule has 0 unspecified atom stereocenters. The van der Waals surface area contributed by atoms with Gasteiger partial charge in [0.25, 0.3) is 0 Å². The molecule has 0 aliphatic carbocycles. The minimum Gasteiger partial charge on any atom is -0.338 e. The number of anilines is 2. The summed E-state index contributed by atoms with van der Waals surface area (Å²) < 4.78 is 51.1. The number of hydrogen-bond acceptors (Lipinski definition) is 3. The number of nitrogens with zero attached hydrogens (tertiary/aromatic N) is 2. The predicted octanol–water partition coefficient (Wildman–Crippen LogP) is 3.85. The fourth-order valence-corrected chi connectivity index (χ4v) is 1.50. The molecule has 0 spiro atoms. The Kier molecular flexibility index (Phi) is 3.57. The maximum Gasteiger partial charge on any atom is 0.416 e. The Balaban J connectivity index is 2.35. The van der Waals surface area contributed by atoms with Gasteiger partial charge in [-0.25, -0.2) is 9.37 Å². The van der Waals surface area contributed by atoms with Crippen LogP contribution in [-0.2, 0) is 6.18 Å². The van der Waals surface area contributed by atoms with E-state index >= 15 is 0 Å². The highest BCUT2D eigenvalue weighted by molar-refractivity contribution is 5.58. The topological polar surface area (TPSA) is 48.7 Å². The van der Waals surface area contributed by atoms with Crippen molar-refractivity contribution < 1.29 is 17.6 Å². The summed E-state index contributed by atoms with van der Waals surface area (Å²) in [6, 6.07) is 8.13. The largest absolute Gasteiger partial charge is 0.416 e. The van der Waals surface area contributed by atoms with Crippen LogP contribution in [0.4, 0.5) is 29.1 Å². The first kappa shape index (κ1) is 13.8. The van der Waals surface area contributed by atoms with Gasteiger partial charge in [-0.3, -0.25) is 0 Å². The van der Waals surface area contributed by atoms with E-state index in [1.54, 1.807) is 6.07 Å². The van der Waals surface area contributed by atoms with E-state index in [4.69, 9.17) is 5.26 Å². The number of nitriles is 1. The molecule has 0 bridgehead atoms. The molecule has 3 nitrogen and oxygen atoms in total. The molecule has 0 radical (unpaired) electrons. The van der Waals surface area contributed by atoms with Crippen LogP contribution >= 0.6 is 0 Å². The number of aromatic nitrogens is 1. The van der Waals surface area contributed by atoms with Crippen molar-refractivity contribution >= 4 is 11.5 Å². The minimum atomic E-state index is -4.56. The van der Waals surface area contributed by atoms with Gasteiger partial charge in [0.1, 0.15) is 23.4 Å². The SMILES string of the molecule is N#Cc1cccc(Nc2cc(C(F)(F)F)ccc2F)n1. The van der Waals surface area contributed by atoms with Gasteiger partial charge >= 0.3 is 6.18 Å². The van der Waals surface area contributed by atoms with Crippen LogP contribution in [0.1, 0.15) is 11.3 Å². The monoisotopic (exact) mass is 281 g/mol. The number of nitrogens with one attached hydrogen (secondary N) is 1. The molecule has 2 aromatic rings. The van der Waals surface area contributed by atoms with Gasteiger partial charge in [0.15, 0.2) is 0 Å². The molecule has 0 amide bonds. The third-order valence-electron chi connectivity index (χ3n) is 2.42. The lowest BCUT2D eigenvalue weighted by molar-refractivity contribution is -0.137. The van der Waals surface area contributed by atoms with Gasteiger partial charge in [-0.1, -0.05) is 6.07 Å². The van der Waals surface area contributed by atoms with E-state index in [1.165, 1.54) is 18.2 Å². The molecular formula is C13H7F4N3. The molecule has 1 N–H and O–H groups in total. The van der Waals surface area contributed by atoms with Gasteiger partial charge in [0.2, 0.25) is 0 Å². The lowest BCUT2D eigenvalue weighted by Gasteiger charge is -2.11. The number of hydrogen-bond donors (Lipinski definition) is 1. The third kappa shape index (κ3) is 3.03. The Morgan fingerprint density at radius 1 is 1.15 bits per heavy atom. The molecule has 1 aromatic heterocycles. The highest BCUT2D eigenvalue weighted by Crippen LogP contribution is 2.32. The Morgan fingerprint density at radius 2 is 1.90 bits per heavy atom. The highest BCUT2D eigenvalue weighted by Gasteiger charge is 2.31. The lowest BCUT2D eigenvalue weighted by atomic mass is 10.2. The van der Waals surface area contributed by atoms with Gasteiger partial charge < -0.3 is 5.32 Å². The maximum absolute atomic E-state index is 13.5. The summed E-state index contributed by atoms with van der Waals surface area (Å²) in [5, 5.41) is 11.1. The Labute approximate surface area is 111 Å². The molecule has 0 aliphatic heterocycles. The predicted molar refractivity (Wildman–Crippen MR) is 63.6 cm³/mol. The highest BCUT2D eigenvalue weighted by atomic mass is 19.4. The molecule has 0 atom stereocenters.